The number of hydrogen-bond acceptors (Lipinski definition) is 3. The van der Waals surface area contributed by atoms with Crippen molar-refractivity contribution in [3.8, 4) is 0 Å². The third-order valence-corrected chi connectivity index (χ3v) is 3.90. The number of carbonyl (C=O) groups is 1. The minimum atomic E-state index is -0.803. The summed E-state index contributed by atoms with van der Waals surface area (Å²) < 4.78 is 0. The van der Waals surface area contributed by atoms with Crippen molar-refractivity contribution < 1.29 is 9.90 Å². The predicted octanol–water partition coefficient (Wildman–Crippen LogP) is 2.99. The number of nitrogens with zero attached hydrogens (tertiary/aromatic N) is 1. The number of aliphatic hydroxyl groups excluding tert-OH is 1. The number of aromatic nitrogens is 2. The van der Waals surface area contributed by atoms with Crippen LogP contribution in [-0.4, -0.2) is 27.8 Å². The van der Waals surface area contributed by atoms with Crippen LogP contribution in [0.3, 0.4) is 0 Å². The second-order valence-electron chi connectivity index (χ2n) is 5.40. The first-order valence-corrected chi connectivity index (χ1v) is 7.59. The number of fused-ring (bicyclic) bond motifs is 1. The van der Waals surface area contributed by atoms with Crippen LogP contribution in [0.25, 0.3) is 10.9 Å². The van der Waals surface area contributed by atoms with Gasteiger partial charge < -0.3 is 10.4 Å². The quantitative estimate of drug-likeness (QED) is 0.688. The van der Waals surface area contributed by atoms with Crippen molar-refractivity contribution in [1.82, 2.24) is 15.5 Å². The Labute approximate surface area is 138 Å². The van der Waals surface area contributed by atoms with Crippen molar-refractivity contribution in [2.75, 3.05) is 6.54 Å². The van der Waals surface area contributed by atoms with Crippen molar-refractivity contribution in [3.63, 3.8) is 0 Å². The maximum Gasteiger partial charge on any atom is 0.272 e. The van der Waals surface area contributed by atoms with Crippen molar-refractivity contribution in [1.29, 1.82) is 0 Å². The minimum absolute atomic E-state index is 0.0979. The number of halogens is 1. The highest BCUT2D eigenvalue weighted by molar-refractivity contribution is 6.30. The molecule has 0 saturated heterocycles. The maximum absolute atomic E-state index is 12.3. The van der Waals surface area contributed by atoms with Crippen LogP contribution < -0.4 is 5.32 Å². The molecule has 0 fully saturated rings. The third-order valence-electron chi connectivity index (χ3n) is 3.64. The fraction of sp³-hybridized carbons (Fsp3) is 0.176. The molecule has 3 rings (SSSR count). The van der Waals surface area contributed by atoms with Crippen molar-refractivity contribution in [2.45, 2.75) is 13.0 Å². The van der Waals surface area contributed by atoms with Gasteiger partial charge in [-0.3, -0.25) is 9.89 Å². The van der Waals surface area contributed by atoms with Crippen LogP contribution in [0.15, 0.2) is 42.5 Å². The first-order valence-electron chi connectivity index (χ1n) is 7.21. The summed E-state index contributed by atoms with van der Waals surface area (Å²) in [6, 6.07) is 12.6. The molecule has 3 aromatic rings. The Morgan fingerprint density at radius 2 is 2.04 bits per heavy atom. The van der Waals surface area contributed by atoms with E-state index in [1.165, 1.54) is 0 Å². The molecule has 0 spiro atoms. The second-order valence-corrected chi connectivity index (χ2v) is 5.84. The largest absolute Gasteiger partial charge is 0.387 e. The Bertz CT molecular complexity index is 843. The average Bonchev–Trinajstić information content (AvgIpc) is 2.96. The summed E-state index contributed by atoms with van der Waals surface area (Å²) in [6.45, 7) is 2.05. The van der Waals surface area contributed by atoms with E-state index in [2.05, 4.69) is 15.5 Å². The molecule has 0 bridgehead atoms. The van der Waals surface area contributed by atoms with Crippen LogP contribution in [0, 0.1) is 6.92 Å². The molecule has 1 unspecified atom stereocenters. The van der Waals surface area contributed by atoms with Crippen molar-refractivity contribution in [2.24, 2.45) is 0 Å². The van der Waals surface area contributed by atoms with E-state index in [9.17, 15) is 9.90 Å². The molecular formula is C17H16ClN3O2. The van der Waals surface area contributed by atoms with E-state index in [0.29, 0.717) is 16.3 Å². The molecule has 0 aliphatic heterocycles. The third kappa shape index (κ3) is 3.36. The van der Waals surface area contributed by atoms with Gasteiger partial charge in [-0.1, -0.05) is 35.4 Å². The molecule has 1 aromatic heterocycles. The van der Waals surface area contributed by atoms with Crippen LogP contribution in [0.5, 0.6) is 0 Å². The van der Waals surface area contributed by atoms with Gasteiger partial charge in [-0.2, -0.15) is 5.10 Å². The predicted molar refractivity (Wildman–Crippen MR) is 89.6 cm³/mol. The van der Waals surface area contributed by atoms with Gasteiger partial charge in [0.05, 0.1) is 11.6 Å². The summed E-state index contributed by atoms with van der Waals surface area (Å²) >= 11 is 5.82. The smallest absolute Gasteiger partial charge is 0.272 e. The number of carbonyl (C=O) groups excluding carboxylic acids is 1. The number of hydrogen-bond donors (Lipinski definition) is 3. The highest BCUT2D eigenvalue weighted by atomic mass is 35.5. The molecule has 1 heterocycles. The number of amides is 1. The Kier molecular flexibility index (Phi) is 4.32. The monoisotopic (exact) mass is 329 g/mol. The fourth-order valence-corrected chi connectivity index (χ4v) is 2.50. The van der Waals surface area contributed by atoms with Gasteiger partial charge in [0.15, 0.2) is 5.69 Å². The van der Waals surface area contributed by atoms with Crippen LogP contribution in [-0.2, 0) is 0 Å². The van der Waals surface area contributed by atoms with E-state index in [1.54, 1.807) is 24.3 Å². The molecule has 5 nitrogen and oxygen atoms in total. The molecule has 1 amide bonds. The first-order chi connectivity index (χ1) is 11.0. The lowest BCUT2D eigenvalue weighted by molar-refractivity contribution is 0.0913. The maximum atomic E-state index is 12.3. The second kappa shape index (κ2) is 6.40. The molecule has 2 aromatic carbocycles. The number of aliphatic hydroxyl groups is 1. The normalized spacial score (nSPS) is 12.3. The van der Waals surface area contributed by atoms with Gasteiger partial charge in [-0.25, -0.2) is 0 Å². The molecule has 23 heavy (non-hydrogen) atoms. The summed E-state index contributed by atoms with van der Waals surface area (Å²) in [4.78, 5) is 12.3. The Hall–Kier alpha value is -2.37. The Balaban J connectivity index is 1.71. The molecule has 1 atom stereocenters. The zero-order valence-corrected chi connectivity index (χ0v) is 13.3. The van der Waals surface area contributed by atoms with Crippen LogP contribution in [0.1, 0.15) is 27.7 Å². The molecule has 118 valence electrons. The molecule has 0 saturated carbocycles. The van der Waals surface area contributed by atoms with Crippen LogP contribution in [0.4, 0.5) is 0 Å². The first kappa shape index (κ1) is 15.5. The van der Waals surface area contributed by atoms with Gasteiger partial charge in [-0.05, 0) is 36.8 Å². The zero-order chi connectivity index (χ0) is 16.4. The molecule has 3 N–H and O–H groups in total. The highest BCUT2D eigenvalue weighted by Crippen LogP contribution is 2.18. The Morgan fingerprint density at radius 3 is 2.78 bits per heavy atom. The lowest BCUT2D eigenvalue weighted by atomic mass is 10.1. The van der Waals surface area contributed by atoms with Gasteiger partial charge in [0.1, 0.15) is 0 Å². The van der Waals surface area contributed by atoms with E-state index in [0.717, 1.165) is 16.5 Å². The topological polar surface area (TPSA) is 78.0 Å². The van der Waals surface area contributed by atoms with Crippen LogP contribution >= 0.6 is 11.6 Å². The van der Waals surface area contributed by atoms with Crippen LogP contribution in [0.2, 0.25) is 5.02 Å². The van der Waals surface area contributed by atoms with Gasteiger partial charge >= 0.3 is 0 Å². The number of aryl methyl sites for hydroxylation is 1. The summed E-state index contributed by atoms with van der Waals surface area (Å²) in [5.41, 5.74) is 2.87. The lowest BCUT2D eigenvalue weighted by Gasteiger charge is -2.11. The summed E-state index contributed by atoms with van der Waals surface area (Å²) in [6.07, 6.45) is -0.803. The minimum Gasteiger partial charge on any atom is -0.387 e. The van der Waals surface area contributed by atoms with Gasteiger partial charge in [0, 0.05) is 17.0 Å². The molecule has 6 heteroatoms. The van der Waals surface area contributed by atoms with E-state index < -0.39 is 6.10 Å². The standard InChI is InChI=1S/C17H16ClN3O2/c1-10-2-7-14-13(8-10)16(21-20-14)17(23)19-9-15(22)11-3-5-12(18)6-4-11/h2-8,15,22H,9H2,1H3,(H,19,23)(H,20,21). The van der Waals surface area contributed by atoms with Crippen molar-refractivity contribution >= 4 is 28.4 Å². The zero-order valence-electron chi connectivity index (χ0n) is 12.5. The average molecular weight is 330 g/mol. The summed E-state index contributed by atoms with van der Waals surface area (Å²) in [7, 11) is 0. The van der Waals surface area contributed by atoms with E-state index >= 15 is 0 Å². The Morgan fingerprint density at radius 1 is 1.30 bits per heavy atom. The number of rotatable bonds is 4. The number of benzene rings is 2. The number of nitrogens with one attached hydrogen (secondary N) is 2. The van der Waals surface area contributed by atoms with Gasteiger partial charge in [0.2, 0.25) is 0 Å². The van der Waals surface area contributed by atoms with E-state index in [4.69, 9.17) is 11.6 Å². The highest BCUT2D eigenvalue weighted by Gasteiger charge is 2.16. The summed E-state index contributed by atoms with van der Waals surface area (Å²) in [5.74, 6) is -0.324. The van der Waals surface area contributed by atoms with Crippen molar-refractivity contribution in [3.05, 3.63) is 64.3 Å². The molecular weight excluding hydrogens is 314 g/mol. The van der Waals surface area contributed by atoms with E-state index in [1.807, 2.05) is 25.1 Å². The SMILES string of the molecule is Cc1ccc2[nH]nc(C(=O)NCC(O)c3ccc(Cl)cc3)c2c1. The molecule has 0 aliphatic carbocycles. The van der Waals surface area contributed by atoms with Gasteiger partial charge in [-0.15, -0.1) is 0 Å². The summed E-state index contributed by atoms with van der Waals surface area (Å²) in [5, 5.41) is 21.1. The lowest BCUT2D eigenvalue weighted by Crippen LogP contribution is -2.28. The van der Waals surface area contributed by atoms with E-state index in [-0.39, 0.29) is 12.5 Å². The molecule has 0 aliphatic rings. The number of aromatic amines is 1. The number of H-pyrrole nitrogens is 1. The fourth-order valence-electron chi connectivity index (χ4n) is 2.38. The molecule has 0 radical (unpaired) electrons. The van der Waals surface area contributed by atoms with Gasteiger partial charge in [0.25, 0.3) is 5.91 Å².